The maximum absolute atomic E-state index is 11.9. The van der Waals surface area contributed by atoms with E-state index in [4.69, 9.17) is 9.84 Å². The van der Waals surface area contributed by atoms with Crippen molar-refractivity contribution >= 4 is 24.3 Å². The van der Waals surface area contributed by atoms with E-state index in [9.17, 15) is 9.59 Å². The van der Waals surface area contributed by atoms with E-state index in [1.165, 1.54) is 0 Å². The van der Waals surface area contributed by atoms with Gasteiger partial charge in [-0.05, 0) is 31.6 Å². The molecule has 0 aromatic carbocycles. The molecular formula is C13H24ClNO4. The van der Waals surface area contributed by atoms with Crippen molar-refractivity contribution in [1.29, 1.82) is 0 Å². The Morgan fingerprint density at radius 2 is 2.11 bits per heavy atom. The van der Waals surface area contributed by atoms with E-state index in [2.05, 4.69) is 0 Å². The summed E-state index contributed by atoms with van der Waals surface area (Å²) in [4.78, 5) is 24.3. The molecule has 5 nitrogen and oxygen atoms in total. The summed E-state index contributed by atoms with van der Waals surface area (Å²) >= 11 is 0. The second kappa shape index (κ2) is 10.0. The van der Waals surface area contributed by atoms with Gasteiger partial charge in [-0.1, -0.05) is 0 Å². The van der Waals surface area contributed by atoms with Gasteiger partial charge in [0.05, 0.1) is 0 Å². The van der Waals surface area contributed by atoms with E-state index in [0.717, 1.165) is 32.4 Å². The van der Waals surface area contributed by atoms with Crippen LogP contribution in [-0.4, -0.2) is 48.7 Å². The largest absolute Gasteiger partial charge is 0.481 e. The molecular weight excluding hydrogens is 270 g/mol. The highest BCUT2D eigenvalue weighted by atomic mass is 35.5. The number of methoxy groups -OCH3 is 1. The number of carbonyl (C=O) groups is 2. The molecule has 0 spiro atoms. The van der Waals surface area contributed by atoms with Gasteiger partial charge in [-0.3, -0.25) is 9.59 Å². The van der Waals surface area contributed by atoms with Crippen molar-refractivity contribution in [1.82, 2.24) is 4.90 Å². The van der Waals surface area contributed by atoms with Gasteiger partial charge in [0, 0.05) is 39.6 Å². The molecule has 1 heterocycles. The van der Waals surface area contributed by atoms with Crippen LogP contribution in [0, 0.1) is 5.92 Å². The van der Waals surface area contributed by atoms with Crippen molar-refractivity contribution in [2.24, 2.45) is 5.92 Å². The van der Waals surface area contributed by atoms with Gasteiger partial charge < -0.3 is 14.7 Å². The van der Waals surface area contributed by atoms with Crippen LogP contribution < -0.4 is 0 Å². The molecule has 0 aromatic rings. The summed E-state index contributed by atoms with van der Waals surface area (Å²) < 4.78 is 4.93. The molecule has 0 aliphatic carbocycles. The Kier molecular flexibility index (Phi) is 9.61. The number of hydrogen-bond donors (Lipinski definition) is 1. The van der Waals surface area contributed by atoms with Gasteiger partial charge in [0.25, 0.3) is 0 Å². The van der Waals surface area contributed by atoms with Crippen LogP contribution in [-0.2, 0) is 14.3 Å². The maximum atomic E-state index is 11.9. The van der Waals surface area contributed by atoms with E-state index in [-0.39, 0.29) is 24.7 Å². The van der Waals surface area contributed by atoms with Gasteiger partial charge in [-0.25, -0.2) is 0 Å². The standard InChI is InChI=1S/C13H23NO4.ClH/c1-18-9-3-5-12(15)14-8-2-4-11(10-14)6-7-13(16)17;/h11H,2-10H2,1H3,(H,16,17);1H. The number of nitrogens with zero attached hydrogens (tertiary/aromatic N) is 1. The number of ether oxygens (including phenoxy) is 1. The maximum Gasteiger partial charge on any atom is 0.303 e. The molecule has 1 atom stereocenters. The number of piperidine rings is 1. The summed E-state index contributed by atoms with van der Waals surface area (Å²) in [5.74, 6) is -0.230. The van der Waals surface area contributed by atoms with Crippen LogP contribution in [0.4, 0.5) is 0 Å². The Morgan fingerprint density at radius 3 is 2.74 bits per heavy atom. The molecule has 1 unspecified atom stereocenters. The lowest BCUT2D eigenvalue weighted by atomic mass is 9.93. The van der Waals surface area contributed by atoms with Gasteiger partial charge in [-0.15, -0.1) is 12.4 Å². The van der Waals surface area contributed by atoms with E-state index in [0.29, 0.717) is 25.4 Å². The monoisotopic (exact) mass is 293 g/mol. The lowest BCUT2D eigenvalue weighted by Gasteiger charge is -2.32. The SMILES string of the molecule is COCCCC(=O)N1CCCC(CCC(=O)O)C1.Cl. The van der Waals surface area contributed by atoms with Gasteiger partial charge in [0.2, 0.25) is 5.91 Å². The number of rotatable bonds is 7. The van der Waals surface area contributed by atoms with E-state index < -0.39 is 5.97 Å². The van der Waals surface area contributed by atoms with Crippen LogP contribution >= 0.6 is 12.4 Å². The second-order valence-corrected chi connectivity index (χ2v) is 4.88. The van der Waals surface area contributed by atoms with Crippen molar-refractivity contribution in [3.63, 3.8) is 0 Å². The summed E-state index contributed by atoms with van der Waals surface area (Å²) in [6.07, 6.45) is 4.19. The lowest BCUT2D eigenvalue weighted by Crippen LogP contribution is -2.40. The van der Waals surface area contributed by atoms with Crippen molar-refractivity contribution in [3.05, 3.63) is 0 Å². The number of halogens is 1. The number of likely N-dealkylation sites (tertiary alicyclic amines) is 1. The average molecular weight is 294 g/mol. The first-order valence-electron chi connectivity index (χ1n) is 6.62. The van der Waals surface area contributed by atoms with Crippen LogP contribution in [0.15, 0.2) is 0 Å². The molecule has 0 bridgehead atoms. The predicted molar refractivity (Wildman–Crippen MR) is 74.5 cm³/mol. The molecule has 6 heteroatoms. The van der Waals surface area contributed by atoms with Crippen molar-refractivity contribution in [2.75, 3.05) is 26.8 Å². The third kappa shape index (κ3) is 7.38. The summed E-state index contributed by atoms with van der Waals surface area (Å²) in [7, 11) is 1.63. The zero-order valence-electron chi connectivity index (χ0n) is 11.5. The predicted octanol–water partition coefficient (Wildman–Crippen LogP) is 1.94. The fourth-order valence-corrected chi connectivity index (χ4v) is 2.38. The Balaban J connectivity index is 0.00000324. The molecule has 0 aromatic heterocycles. The molecule has 1 amide bonds. The summed E-state index contributed by atoms with van der Waals surface area (Å²) in [5.41, 5.74) is 0. The third-order valence-electron chi connectivity index (χ3n) is 3.38. The molecule has 0 saturated carbocycles. The lowest BCUT2D eigenvalue weighted by molar-refractivity contribution is -0.137. The highest BCUT2D eigenvalue weighted by Gasteiger charge is 2.23. The van der Waals surface area contributed by atoms with Crippen LogP contribution in [0.2, 0.25) is 0 Å². The number of carboxylic acid groups (broad SMARTS) is 1. The van der Waals surface area contributed by atoms with Gasteiger partial charge in [0.1, 0.15) is 0 Å². The minimum atomic E-state index is -0.751. The minimum Gasteiger partial charge on any atom is -0.481 e. The molecule has 0 radical (unpaired) electrons. The number of carbonyl (C=O) groups excluding carboxylic acids is 1. The molecule has 112 valence electrons. The fraction of sp³-hybridized carbons (Fsp3) is 0.846. The number of hydrogen-bond acceptors (Lipinski definition) is 3. The molecule has 1 rings (SSSR count). The summed E-state index contributed by atoms with van der Waals surface area (Å²) in [6.45, 7) is 2.15. The smallest absolute Gasteiger partial charge is 0.303 e. The average Bonchev–Trinajstić information content (AvgIpc) is 2.37. The first kappa shape index (κ1) is 18.2. The van der Waals surface area contributed by atoms with Crippen LogP contribution in [0.3, 0.4) is 0 Å². The number of carboxylic acids is 1. The first-order chi connectivity index (χ1) is 8.63. The van der Waals surface area contributed by atoms with Crippen LogP contribution in [0.25, 0.3) is 0 Å². The fourth-order valence-electron chi connectivity index (χ4n) is 2.38. The normalized spacial score (nSPS) is 18.8. The zero-order valence-corrected chi connectivity index (χ0v) is 12.3. The Morgan fingerprint density at radius 1 is 1.37 bits per heavy atom. The molecule has 1 aliphatic heterocycles. The van der Waals surface area contributed by atoms with Gasteiger partial charge in [0.15, 0.2) is 0 Å². The quantitative estimate of drug-likeness (QED) is 0.729. The van der Waals surface area contributed by atoms with Crippen molar-refractivity contribution in [2.45, 2.75) is 38.5 Å². The van der Waals surface area contributed by atoms with Gasteiger partial charge in [-0.2, -0.15) is 0 Å². The molecule has 1 aliphatic rings. The topological polar surface area (TPSA) is 66.8 Å². The number of aliphatic carboxylic acids is 1. The molecule has 1 fully saturated rings. The number of amides is 1. The molecule has 1 N–H and O–H groups in total. The minimum absolute atomic E-state index is 0. The second-order valence-electron chi connectivity index (χ2n) is 4.88. The van der Waals surface area contributed by atoms with Gasteiger partial charge >= 0.3 is 5.97 Å². The van der Waals surface area contributed by atoms with Crippen LogP contribution in [0.1, 0.15) is 38.5 Å². The van der Waals surface area contributed by atoms with E-state index >= 15 is 0 Å². The summed E-state index contributed by atoms with van der Waals surface area (Å²) in [5, 5.41) is 8.67. The zero-order chi connectivity index (χ0) is 13.4. The van der Waals surface area contributed by atoms with E-state index in [1.807, 2.05) is 4.90 Å². The van der Waals surface area contributed by atoms with Crippen molar-refractivity contribution in [3.8, 4) is 0 Å². The molecule has 19 heavy (non-hydrogen) atoms. The Labute approximate surface area is 120 Å². The third-order valence-corrected chi connectivity index (χ3v) is 3.38. The Hall–Kier alpha value is -0.810. The first-order valence-corrected chi connectivity index (χ1v) is 6.62. The van der Waals surface area contributed by atoms with Crippen LogP contribution in [0.5, 0.6) is 0 Å². The highest BCUT2D eigenvalue weighted by Crippen LogP contribution is 2.21. The highest BCUT2D eigenvalue weighted by molar-refractivity contribution is 5.85. The van der Waals surface area contributed by atoms with E-state index in [1.54, 1.807) is 7.11 Å². The van der Waals surface area contributed by atoms with Crippen molar-refractivity contribution < 1.29 is 19.4 Å². The summed E-state index contributed by atoms with van der Waals surface area (Å²) in [6, 6.07) is 0. The molecule has 1 saturated heterocycles. The Bertz CT molecular complexity index is 286.